The summed E-state index contributed by atoms with van der Waals surface area (Å²) in [6, 6.07) is 30.2. The molecule has 0 fully saturated rings. The largest absolute Gasteiger partial charge is 0.455 e. The molecule has 0 spiro atoms. The van der Waals surface area contributed by atoms with Crippen LogP contribution in [-0.4, -0.2) is 15.9 Å². The molecule has 0 aliphatic heterocycles. The normalized spacial score (nSPS) is 11.0. The summed E-state index contributed by atoms with van der Waals surface area (Å²) in [5, 5.41) is 8.31. The molecule has 0 saturated carbocycles. The van der Waals surface area contributed by atoms with E-state index in [1.54, 1.807) is 24.3 Å². The van der Waals surface area contributed by atoms with E-state index in [4.69, 9.17) is 10.2 Å². The molecule has 7 heteroatoms. The van der Waals surface area contributed by atoms with Crippen molar-refractivity contribution in [3.63, 3.8) is 0 Å². The second kappa shape index (κ2) is 8.88. The van der Waals surface area contributed by atoms with Crippen molar-refractivity contribution >= 4 is 50.7 Å². The number of nitrogen functional groups attached to an aromatic ring is 1. The van der Waals surface area contributed by atoms with E-state index in [2.05, 4.69) is 32.7 Å². The molecule has 174 valence electrons. The van der Waals surface area contributed by atoms with Crippen LogP contribution in [0, 0.1) is 0 Å². The topological polar surface area (TPSA) is 106 Å². The monoisotopic (exact) mass is 471 g/mol. The maximum Gasteiger partial charge on any atom is 0.255 e. The van der Waals surface area contributed by atoms with Gasteiger partial charge in [0.1, 0.15) is 23.3 Å². The Morgan fingerprint density at radius 1 is 0.778 bits per heavy atom. The minimum absolute atomic E-state index is 0.234. The molecule has 6 aromatic rings. The molecular weight excluding hydrogens is 450 g/mol. The molecule has 0 saturated heterocycles. The number of nitrogens with two attached hydrogens (primary N) is 1. The molecule has 0 atom stereocenters. The number of anilines is 4. The van der Waals surface area contributed by atoms with Gasteiger partial charge in [-0.3, -0.25) is 4.79 Å². The summed E-state index contributed by atoms with van der Waals surface area (Å²) in [4.78, 5) is 21.5. The first-order chi connectivity index (χ1) is 17.6. The Hall–Kier alpha value is -5.17. The average molecular weight is 472 g/mol. The average Bonchev–Trinajstić information content (AvgIpc) is 3.28. The lowest BCUT2D eigenvalue weighted by atomic mass is 10.1. The van der Waals surface area contributed by atoms with Crippen LogP contribution in [0.25, 0.3) is 33.2 Å². The molecule has 1 amide bonds. The van der Waals surface area contributed by atoms with Crippen LogP contribution in [0.2, 0.25) is 0 Å². The third-order valence-corrected chi connectivity index (χ3v) is 5.89. The highest BCUT2D eigenvalue weighted by Crippen LogP contribution is 2.35. The SMILES string of the molecule is Nc1cccc(C(=O)Nc2cccc(Nc3cc(-c4cccc5c4oc4ccccc45)ncn3)c2)c1. The quantitative estimate of drug-likeness (QED) is 0.244. The summed E-state index contributed by atoms with van der Waals surface area (Å²) in [7, 11) is 0. The lowest BCUT2D eigenvalue weighted by Crippen LogP contribution is -2.12. The molecular formula is C29H21N5O2. The Kier molecular flexibility index (Phi) is 5.27. The molecule has 4 aromatic carbocycles. The van der Waals surface area contributed by atoms with Crippen LogP contribution in [-0.2, 0) is 0 Å². The smallest absolute Gasteiger partial charge is 0.255 e. The van der Waals surface area contributed by atoms with Gasteiger partial charge in [-0.1, -0.05) is 42.5 Å². The number of benzene rings is 4. The maximum absolute atomic E-state index is 12.6. The van der Waals surface area contributed by atoms with Crippen LogP contribution in [0.5, 0.6) is 0 Å². The highest BCUT2D eigenvalue weighted by atomic mass is 16.3. The number of nitrogens with zero attached hydrogens (tertiary/aromatic N) is 2. The van der Waals surface area contributed by atoms with Crippen molar-refractivity contribution in [3.8, 4) is 11.3 Å². The van der Waals surface area contributed by atoms with E-state index in [9.17, 15) is 4.79 Å². The van der Waals surface area contributed by atoms with Crippen molar-refractivity contribution < 1.29 is 9.21 Å². The van der Waals surface area contributed by atoms with Crippen molar-refractivity contribution in [2.24, 2.45) is 0 Å². The molecule has 0 radical (unpaired) electrons. The zero-order valence-electron chi connectivity index (χ0n) is 19.1. The lowest BCUT2D eigenvalue weighted by Gasteiger charge is -2.10. The molecule has 0 aliphatic carbocycles. The molecule has 2 aromatic heterocycles. The highest BCUT2D eigenvalue weighted by molar-refractivity contribution is 6.09. The number of hydrogen-bond acceptors (Lipinski definition) is 6. The van der Waals surface area contributed by atoms with Gasteiger partial charge in [0.15, 0.2) is 0 Å². The summed E-state index contributed by atoms with van der Waals surface area (Å²) in [6.07, 6.45) is 1.52. The number of aromatic nitrogens is 2. The first kappa shape index (κ1) is 21.4. The van der Waals surface area contributed by atoms with Gasteiger partial charge in [-0.2, -0.15) is 0 Å². The fraction of sp³-hybridized carbons (Fsp3) is 0. The van der Waals surface area contributed by atoms with Crippen LogP contribution in [0.1, 0.15) is 10.4 Å². The molecule has 0 unspecified atom stereocenters. The number of fused-ring (bicyclic) bond motifs is 3. The number of amides is 1. The summed E-state index contributed by atoms with van der Waals surface area (Å²) in [5.74, 6) is 0.384. The first-order valence-corrected chi connectivity index (χ1v) is 11.4. The van der Waals surface area contributed by atoms with Crippen molar-refractivity contribution in [3.05, 3.63) is 109 Å². The van der Waals surface area contributed by atoms with Gasteiger partial charge in [0.05, 0.1) is 5.69 Å². The second-order valence-corrected chi connectivity index (χ2v) is 8.35. The minimum Gasteiger partial charge on any atom is -0.455 e. The number of para-hydroxylation sites is 2. The number of hydrogen-bond donors (Lipinski definition) is 3. The van der Waals surface area contributed by atoms with E-state index in [1.165, 1.54) is 6.33 Å². The summed E-state index contributed by atoms with van der Waals surface area (Å²) in [5.41, 5.74) is 11.5. The number of carbonyl (C=O) groups is 1. The van der Waals surface area contributed by atoms with Gasteiger partial charge < -0.3 is 20.8 Å². The van der Waals surface area contributed by atoms with Gasteiger partial charge in [0, 0.05) is 45.0 Å². The first-order valence-electron chi connectivity index (χ1n) is 11.4. The Morgan fingerprint density at radius 3 is 2.50 bits per heavy atom. The Morgan fingerprint density at radius 2 is 1.58 bits per heavy atom. The number of rotatable bonds is 5. The number of furan rings is 1. The summed E-state index contributed by atoms with van der Waals surface area (Å²) >= 11 is 0. The molecule has 0 aliphatic rings. The van der Waals surface area contributed by atoms with E-state index in [0.717, 1.165) is 38.9 Å². The van der Waals surface area contributed by atoms with Crippen molar-refractivity contribution in [2.75, 3.05) is 16.4 Å². The number of carbonyl (C=O) groups excluding carboxylic acids is 1. The predicted octanol–water partition coefficient (Wildman–Crippen LogP) is 6.62. The van der Waals surface area contributed by atoms with Crippen LogP contribution in [0.3, 0.4) is 0 Å². The van der Waals surface area contributed by atoms with Crippen LogP contribution < -0.4 is 16.4 Å². The van der Waals surface area contributed by atoms with E-state index in [-0.39, 0.29) is 5.91 Å². The molecule has 6 rings (SSSR count). The summed E-state index contributed by atoms with van der Waals surface area (Å²) < 4.78 is 6.16. The number of nitrogens with one attached hydrogen (secondary N) is 2. The van der Waals surface area contributed by atoms with Gasteiger partial charge >= 0.3 is 0 Å². The van der Waals surface area contributed by atoms with Crippen molar-refractivity contribution in [1.82, 2.24) is 9.97 Å². The fourth-order valence-corrected chi connectivity index (χ4v) is 4.23. The fourth-order valence-electron chi connectivity index (χ4n) is 4.23. The third kappa shape index (κ3) is 4.10. The zero-order valence-corrected chi connectivity index (χ0v) is 19.1. The predicted molar refractivity (Wildman–Crippen MR) is 143 cm³/mol. The van der Waals surface area contributed by atoms with Gasteiger partial charge in [-0.15, -0.1) is 0 Å². The molecule has 4 N–H and O–H groups in total. The highest BCUT2D eigenvalue weighted by Gasteiger charge is 2.13. The zero-order chi connectivity index (χ0) is 24.5. The molecule has 2 heterocycles. The van der Waals surface area contributed by atoms with Crippen molar-refractivity contribution in [2.45, 2.75) is 0 Å². The van der Waals surface area contributed by atoms with E-state index < -0.39 is 0 Å². The Labute approximate surface area is 206 Å². The second-order valence-electron chi connectivity index (χ2n) is 8.35. The van der Waals surface area contributed by atoms with Gasteiger partial charge in [-0.05, 0) is 48.5 Å². The molecule has 7 nitrogen and oxygen atoms in total. The standard InChI is InChI=1S/C29H21N5O2/c30-19-7-3-6-18(14-19)29(35)34-21-9-4-8-20(15-21)33-27-16-25(31-17-32-27)24-12-5-11-23-22-10-1-2-13-26(22)36-28(23)24/h1-17H,30H2,(H,34,35)(H,31,32,33). The van der Waals surface area contributed by atoms with Crippen LogP contribution in [0.4, 0.5) is 22.9 Å². The van der Waals surface area contributed by atoms with Crippen LogP contribution >= 0.6 is 0 Å². The van der Waals surface area contributed by atoms with E-state index >= 15 is 0 Å². The summed E-state index contributed by atoms with van der Waals surface area (Å²) in [6.45, 7) is 0. The maximum atomic E-state index is 12.6. The van der Waals surface area contributed by atoms with Gasteiger partial charge in [-0.25, -0.2) is 9.97 Å². The molecule has 0 bridgehead atoms. The molecule has 36 heavy (non-hydrogen) atoms. The Balaban J connectivity index is 1.27. The van der Waals surface area contributed by atoms with Gasteiger partial charge in [0.25, 0.3) is 5.91 Å². The van der Waals surface area contributed by atoms with Gasteiger partial charge in [0.2, 0.25) is 0 Å². The van der Waals surface area contributed by atoms with E-state index in [0.29, 0.717) is 22.8 Å². The third-order valence-electron chi connectivity index (χ3n) is 5.89. The van der Waals surface area contributed by atoms with Crippen molar-refractivity contribution in [1.29, 1.82) is 0 Å². The lowest BCUT2D eigenvalue weighted by molar-refractivity contribution is 0.102. The minimum atomic E-state index is -0.234. The van der Waals surface area contributed by atoms with Crippen LogP contribution in [0.15, 0.2) is 108 Å². The Bertz CT molecular complexity index is 1740. The van der Waals surface area contributed by atoms with E-state index in [1.807, 2.05) is 60.7 Å².